The molecule has 2 N–H and O–H groups in total. The minimum absolute atomic E-state index is 0.101. The number of guanidine groups is 1. The van der Waals surface area contributed by atoms with Gasteiger partial charge in [0.15, 0.2) is 5.96 Å². The number of nitrogens with one attached hydrogen (secondary N) is 2. The van der Waals surface area contributed by atoms with Gasteiger partial charge in [0.2, 0.25) is 0 Å². The van der Waals surface area contributed by atoms with Crippen LogP contribution >= 0.6 is 0 Å². The Balaban J connectivity index is 1.66. The molecule has 0 aromatic rings. The van der Waals surface area contributed by atoms with Crippen molar-refractivity contribution in [3.63, 3.8) is 0 Å². The number of sulfonamides is 1. The Morgan fingerprint density at radius 1 is 1.04 bits per heavy atom. The predicted octanol–water partition coefficient (Wildman–Crippen LogP) is 1.44. The summed E-state index contributed by atoms with van der Waals surface area (Å²) in [6.45, 7) is 3.47. The molecule has 0 saturated carbocycles. The van der Waals surface area contributed by atoms with Gasteiger partial charge in [0.25, 0.3) is 0 Å². The monoisotopic (exact) mass is 427 g/mol. The topological polar surface area (TPSA) is 77.0 Å². The molecule has 0 radical (unpaired) electrons. The third-order valence-corrected chi connectivity index (χ3v) is 7.30. The molecule has 2 heterocycles. The standard InChI is InChI=1S/C17H32F3N5O2S/c1-21-16(22-8-3-14-4-9-24(2)10-5-14)23-13-15-6-11-25(12-7-15)28(26,27)17(18,19)20/h14-15H,3-13H2,1-2H3,(H2,21,22,23). The maximum atomic E-state index is 12.6. The summed E-state index contributed by atoms with van der Waals surface area (Å²) in [6, 6.07) is 0. The summed E-state index contributed by atoms with van der Waals surface area (Å²) in [6.07, 6.45) is 4.30. The molecule has 2 saturated heterocycles. The number of halogens is 3. The lowest BCUT2D eigenvalue weighted by atomic mass is 9.94. The van der Waals surface area contributed by atoms with Crippen LogP contribution in [0, 0.1) is 11.8 Å². The van der Waals surface area contributed by atoms with Crippen molar-refractivity contribution >= 4 is 16.0 Å². The fourth-order valence-corrected chi connectivity index (χ4v) is 4.69. The van der Waals surface area contributed by atoms with E-state index in [9.17, 15) is 21.6 Å². The molecule has 0 unspecified atom stereocenters. The van der Waals surface area contributed by atoms with Crippen LogP contribution in [-0.4, -0.2) is 82.5 Å². The molecule has 0 atom stereocenters. The second-order valence-corrected chi connectivity index (χ2v) is 9.64. The van der Waals surface area contributed by atoms with Gasteiger partial charge in [-0.2, -0.15) is 17.5 Å². The number of piperidine rings is 2. The highest BCUT2D eigenvalue weighted by molar-refractivity contribution is 7.90. The van der Waals surface area contributed by atoms with Gasteiger partial charge < -0.3 is 15.5 Å². The van der Waals surface area contributed by atoms with Gasteiger partial charge in [-0.1, -0.05) is 0 Å². The van der Waals surface area contributed by atoms with Gasteiger partial charge in [-0.25, -0.2) is 8.42 Å². The lowest BCUT2D eigenvalue weighted by Crippen LogP contribution is -2.47. The lowest BCUT2D eigenvalue weighted by molar-refractivity contribution is -0.0496. The number of hydrogen-bond donors (Lipinski definition) is 2. The van der Waals surface area contributed by atoms with Gasteiger partial charge in [0.1, 0.15) is 0 Å². The second kappa shape index (κ2) is 10.1. The van der Waals surface area contributed by atoms with Crippen LogP contribution < -0.4 is 10.6 Å². The van der Waals surface area contributed by atoms with Gasteiger partial charge >= 0.3 is 15.5 Å². The highest BCUT2D eigenvalue weighted by Crippen LogP contribution is 2.30. The van der Waals surface area contributed by atoms with E-state index in [4.69, 9.17) is 0 Å². The molecule has 0 aromatic heterocycles. The van der Waals surface area contributed by atoms with Crippen LogP contribution in [0.4, 0.5) is 13.2 Å². The molecular weight excluding hydrogens is 395 g/mol. The number of aliphatic imine (C=N–C) groups is 1. The van der Waals surface area contributed by atoms with E-state index in [1.165, 1.54) is 12.8 Å². The van der Waals surface area contributed by atoms with Gasteiger partial charge in [0.05, 0.1) is 0 Å². The third kappa shape index (κ3) is 6.48. The van der Waals surface area contributed by atoms with E-state index in [0.29, 0.717) is 29.7 Å². The molecule has 164 valence electrons. The van der Waals surface area contributed by atoms with E-state index in [-0.39, 0.29) is 19.0 Å². The Labute approximate surface area is 165 Å². The molecule has 7 nitrogen and oxygen atoms in total. The second-order valence-electron chi connectivity index (χ2n) is 7.71. The van der Waals surface area contributed by atoms with Crippen molar-refractivity contribution in [1.82, 2.24) is 19.8 Å². The van der Waals surface area contributed by atoms with Crippen molar-refractivity contribution in [2.24, 2.45) is 16.8 Å². The van der Waals surface area contributed by atoms with Crippen molar-refractivity contribution in [3.8, 4) is 0 Å². The largest absolute Gasteiger partial charge is 0.511 e. The summed E-state index contributed by atoms with van der Waals surface area (Å²) >= 11 is 0. The minimum atomic E-state index is -5.22. The van der Waals surface area contributed by atoms with Gasteiger partial charge in [-0.05, 0) is 64.1 Å². The molecule has 0 spiro atoms. The fourth-order valence-electron chi connectivity index (χ4n) is 3.71. The maximum Gasteiger partial charge on any atom is 0.511 e. The van der Waals surface area contributed by atoms with E-state index < -0.39 is 15.5 Å². The zero-order chi connectivity index (χ0) is 20.8. The highest BCUT2D eigenvalue weighted by atomic mass is 32.2. The number of hydrogen-bond acceptors (Lipinski definition) is 4. The van der Waals surface area contributed by atoms with Crippen LogP contribution in [0.3, 0.4) is 0 Å². The van der Waals surface area contributed by atoms with Crippen molar-refractivity contribution < 1.29 is 21.6 Å². The lowest BCUT2D eigenvalue weighted by Gasteiger charge is -2.32. The first kappa shape index (κ1) is 23.2. The summed E-state index contributed by atoms with van der Waals surface area (Å²) in [7, 11) is -1.39. The van der Waals surface area contributed by atoms with Crippen molar-refractivity contribution in [3.05, 3.63) is 0 Å². The summed E-state index contributed by atoms with van der Waals surface area (Å²) < 4.78 is 61.3. The van der Waals surface area contributed by atoms with Crippen molar-refractivity contribution in [1.29, 1.82) is 0 Å². The van der Waals surface area contributed by atoms with Crippen molar-refractivity contribution in [2.45, 2.75) is 37.6 Å². The van der Waals surface area contributed by atoms with Crippen LogP contribution in [0.1, 0.15) is 32.1 Å². The smallest absolute Gasteiger partial charge is 0.356 e. The molecule has 2 rings (SSSR count). The number of nitrogens with zero attached hydrogens (tertiary/aromatic N) is 3. The van der Waals surface area contributed by atoms with E-state index in [2.05, 4.69) is 27.6 Å². The molecule has 0 bridgehead atoms. The Morgan fingerprint density at radius 2 is 1.61 bits per heavy atom. The molecule has 28 heavy (non-hydrogen) atoms. The first-order valence-corrected chi connectivity index (χ1v) is 11.3. The van der Waals surface area contributed by atoms with E-state index in [1.807, 2.05) is 0 Å². The fraction of sp³-hybridized carbons (Fsp3) is 0.941. The molecule has 2 fully saturated rings. The first-order chi connectivity index (χ1) is 13.1. The minimum Gasteiger partial charge on any atom is -0.356 e. The summed E-state index contributed by atoms with van der Waals surface area (Å²) in [5.74, 6) is 1.52. The zero-order valence-electron chi connectivity index (χ0n) is 16.6. The molecule has 0 aromatic carbocycles. The maximum absolute atomic E-state index is 12.6. The van der Waals surface area contributed by atoms with Crippen LogP contribution in [0.5, 0.6) is 0 Å². The average Bonchev–Trinajstić information content (AvgIpc) is 2.65. The number of rotatable bonds is 6. The molecule has 2 aliphatic rings. The summed E-state index contributed by atoms with van der Waals surface area (Å²) in [4.78, 5) is 6.53. The Morgan fingerprint density at radius 3 is 2.14 bits per heavy atom. The summed E-state index contributed by atoms with van der Waals surface area (Å²) in [5.41, 5.74) is -5.22. The van der Waals surface area contributed by atoms with Crippen molar-refractivity contribution in [2.75, 3.05) is 53.4 Å². The van der Waals surface area contributed by atoms with Gasteiger partial charge in [0, 0.05) is 33.2 Å². The Bertz CT molecular complexity index is 611. The van der Waals surface area contributed by atoms with Crippen LogP contribution in [-0.2, 0) is 10.0 Å². The van der Waals surface area contributed by atoms with E-state index in [0.717, 1.165) is 32.0 Å². The zero-order valence-corrected chi connectivity index (χ0v) is 17.4. The number of likely N-dealkylation sites (tertiary alicyclic amines) is 1. The molecule has 11 heteroatoms. The Hall–Kier alpha value is -1.07. The quantitative estimate of drug-likeness (QED) is 0.496. The van der Waals surface area contributed by atoms with Gasteiger partial charge in [-0.15, -0.1) is 0 Å². The van der Waals surface area contributed by atoms with E-state index in [1.54, 1.807) is 7.05 Å². The van der Waals surface area contributed by atoms with Crippen LogP contribution in [0.2, 0.25) is 0 Å². The van der Waals surface area contributed by atoms with Gasteiger partial charge in [-0.3, -0.25) is 4.99 Å². The summed E-state index contributed by atoms with van der Waals surface area (Å²) in [5, 5.41) is 6.50. The van der Waals surface area contributed by atoms with Crippen LogP contribution in [0.25, 0.3) is 0 Å². The SMILES string of the molecule is CN=C(NCCC1CCN(C)CC1)NCC1CCN(S(=O)(=O)C(F)(F)F)CC1. The average molecular weight is 428 g/mol. The third-order valence-electron chi connectivity index (χ3n) is 5.67. The molecule has 0 aliphatic carbocycles. The molecular formula is C17H32F3N5O2S. The molecule has 0 amide bonds. The highest BCUT2D eigenvalue weighted by Gasteiger charge is 2.50. The predicted molar refractivity (Wildman–Crippen MR) is 103 cm³/mol. The van der Waals surface area contributed by atoms with Crippen LogP contribution in [0.15, 0.2) is 4.99 Å². The number of alkyl halides is 3. The van der Waals surface area contributed by atoms with E-state index >= 15 is 0 Å². The Kier molecular flexibility index (Phi) is 8.38. The molecule has 2 aliphatic heterocycles. The normalized spacial score (nSPS) is 22.4. The first-order valence-electron chi connectivity index (χ1n) is 9.83.